The van der Waals surface area contributed by atoms with Crippen LogP contribution < -0.4 is 5.32 Å². The Kier molecular flexibility index (Phi) is 3.88. The molecule has 0 amide bonds. The normalized spacial score (nSPS) is 31.0. The van der Waals surface area contributed by atoms with E-state index in [1.54, 1.807) is 0 Å². The highest BCUT2D eigenvalue weighted by molar-refractivity contribution is 4.75. The Balaban J connectivity index is 2.17. The highest BCUT2D eigenvalue weighted by Gasteiger charge is 2.22. The van der Waals surface area contributed by atoms with Crippen LogP contribution in [0.25, 0.3) is 0 Å². The molecule has 72 valence electrons. The number of hydrogen-bond acceptors (Lipinski definition) is 2. The highest BCUT2D eigenvalue weighted by Crippen LogP contribution is 2.22. The molecule has 1 saturated carbocycles. The fraction of sp³-hybridized carbons (Fsp3) is 1.00. The van der Waals surface area contributed by atoms with Gasteiger partial charge in [0.25, 0.3) is 0 Å². The standard InChI is InChI=1S/C8H15F2NO/c1-11-6-2-4-7(5-3-6)12-8(9)10/h6-8,11H,2-5H2,1H3. The number of alkyl halides is 2. The van der Waals surface area contributed by atoms with Crippen molar-refractivity contribution in [2.45, 2.75) is 44.4 Å². The van der Waals surface area contributed by atoms with Crippen molar-refractivity contribution < 1.29 is 13.5 Å². The summed E-state index contributed by atoms with van der Waals surface area (Å²) in [5, 5.41) is 3.13. The fourth-order valence-electron chi connectivity index (χ4n) is 1.63. The summed E-state index contributed by atoms with van der Waals surface area (Å²) in [6.07, 6.45) is 3.14. The van der Waals surface area contributed by atoms with E-state index in [0.717, 1.165) is 25.7 Å². The van der Waals surface area contributed by atoms with Gasteiger partial charge in [-0.25, -0.2) is 0 Å². The van der Waals surface area contributed by atoms with Gasteiger partial charge in [-0.1, -0.05) is 0 Å². The van der Waals surface area contributed by atoms with E-state index in [4.69, 9.17) is 0 Å². The van der Waals surface area contributed by atoms with E-state index in [9.17, 15) is 8.78 Å². The number of rotatable bonds is 3. The van der Waals surface area contributed by atoms with Crippen LogP contribution in [0.15, 0.2) is 0 Å². The Labute approximate surface area is 71.3 Å². The Bertz CT molecular complexity index is 124. The second kappa shape index (κ2) is 4.72. The van der Waals surface area contributed by atoms with E-state index in [0.29, 0.717) is 6.04 Å². The van der Waals surface area contributed by atoms with E-state index in [1.807, 2.05) is 7.05 Å². The number of halogens is 2. The molecule has 1 aliphatic rings. The van der Waals surface area contributed by atoms with Crippen molar-refractivity contribution in [1.29, 1.82) is 0 Å². The molecule has 0 bridgehead atoms. The SMILES string of the molecule is CNC1CCC(OC(F)F)CC1. The third-order valence-corrected chi connectivity index (χ3v) is 2.38. The monoisotopic (exact) mass is 179 g/mol. The van der Waals surface area contributed by atoms with Crippen molar-refractivity contribution in [3.05, 3.63) is 0 Å². The van der Waals surface area contributed by atoms with Gasteiger partial charge in [0, 0.05) is 6.04 Å². The van der Waals surface area contributed by atoms with Crippen LogP contribution in [0, 0.1) is 0 Å². The lowest BCUT2D eigenvalue weighted by Crippen LogP contribution is -2.33. The molecule has 0 saturated heterocycles. The van der Waals surface area contributed by atoms with Crippen molar-refractivity contribution in [1.82, 2.24) is 5.32 Å². The molecule has 0 spiro atoms. The van der Waals surface area contributed by atoms with Crippen LogP contribution in [0.5, 0.6) is 0 Å². The summed E-state index contributed by atoms with van der Waals surface area (Å²) < 4.78 is 27.9. The van der Waals surface area contributed by atoms with Gasteiger partial charge in [-0.15, -0.1) is 0 Å². The molecule has 1 N–H and O–H groups in total. The van der Waals surface area contributed by atoms with Gasteiger partial charge in [-0.05, 0) is 32.7 Å². The predicted octanol–water partition coefficient (Wildman–Crippen LogP) is 1.76. The average molecular weight is 179 g/mol. The molecule has 1 fully saturated rings. The fourth-order valence-corrected chi connectivity index (χ4v) is 1.63. The Morgan fingerprint density at radius 1 is 1.25 bits per heavy atom. The lowest BCUT2D eigenvalue weighted by atomic mass is 9.93. The zero-order chi connectivity index (χ0) is 8.97. The molecule has 0 aromatic carbocycles. The smallest absolute Gasteiger partial charge is 0.320 e. The lowest BCUT2D eigenvalue weighted by Gasteiger charge is -2.27. The third-order valence-electron chi connectivity index (χ3n) is 2.38. The van der Waals surface area contributed by atoms with E-state index < -0.39 is 6.61 Å². The molecule has 1 aliphatic carbocycles. The van der Waals surface area contributed by atoms with Crippen molar-refractivity contribution >= 4 is 0 Å². The van der Waals surface area contributed by atoms with Crippen molar-refractivity contribution in [3.63, 3.8) is 0 Å². The van der Waals surface area contributed by atoms with Gasteiger partial charge < -0.3 is 10.1 Å². The maximum Gasteiger partial charge on any atom is 0.345 e. The summed E-state index contributed by atoms with van der Waals surface area (Å²) >= 11 is 0. The van der Waals surface area contributed by atoms with E-state index in [1.165, 1.54) is 0 Å². The Hall–Kier alpha value is -0.220. The highest BCUT2D eigenvalue weighted by atomic mass is 19.3. The van der Waals surface area contributed by atoms with Crippen molar-refractivity contribution in [2.75, 3.05) is 7.05 Å². The van der Waals surface area contributed by atoms with Gasteiger partial charge in [-0.3, -0.25) is 0 Å². The molecule has 0 aromatic rings. The maximum absolute atomic E-state index is 11.8. The van der Waals surface area contributed by atoms with Gasteiger partial charge in [0.05, 0.1) is 6.10 Å². The van der Waals surface area contributed by atoms with Crippen LogP contribution in [0.4, 0.5) is 8.78 Å². The van der Waals surface area contributed by atoms with Crippen molar-refractivity contribution in [3.8, 4) is 0 Å². The first kappa shape index (κ1) is 9.86. The molecule has 1 rings (SSSR count). The van der Waals surface area contributed by atoms with Crippen LogP contribution in [0.3, 0.4) is 0 Å². The minimum atomic E-state index is -2.61. The molecule has 0 atom stereocenters. The van der Waals surface area contributed by atoms with Gasteiger partial charge in [0.15, 0.2) is 0 Å². The van der Waals surface area contributed by atoms with Crippen molar-refractivity contribution in [2.24, 2.45) is 0 Å². The largest absolute Gasteiger partial charge is 0.345 e. The van der Waals surface area contributed by atoms with Crippen LogP contribution in [-0.2, 0) is 4.74 Å². The van der Waals surface area contributed by atoms with E-state index in [-0.39, 0.29) is 6.10 Å². The predicted molar refractivity (Wildman–Crippen MR) is 42.2 cm³/mol. The lowest BCUT2D eigenvalue weighted by molar-refractivity contribution is -0.170. The van der Waals surface area contributed by atoms with Gasteiger partial charge in [0.1, 0.15) is 0 Å². The molecule has 0 unspecified atom stereocenters. The van der Waals surface area contributed by atoms with Crippen LogP contribution >= 0.6 is 0 Å². The van der Waals surface area contributed by atoms with Gasteiger partial charge in [0.2, 0.25) is 0 Å². The average Bonchev–Trinajstić information content (AvgIpc) is 2.05. The minimum Gasteiger partial charge on any atom is -0.320 e. The first-order valence-electron chi connectivity index (χ1n) is 4.33. The van der Waals surface area contributed by atoms with Gasteiger partial charge in [-0.2, -0.15) is 8.78 Å². The summed E-state index contributed by atoms with van der Waals surface area (Å²) in [6, 6.07) is 0.488. The van der Waals surface area contributed by atoms with Crippen LogP contribution in [-0.4, -0.2) is 25.8 Å². The molecule has 0 aliphatic heterocycles. The molecular weight excluding hydrogens is 164 g/mol. The van der Waals surface area contributed by atoms with Crippen LogP contribution in [0.2, 0.25) is 0 Å². The van der Waals surface area contributed by atoms with E-state index >= 15 is 0 Å². The molecule has 0 aromatic heterocycles. The molecule has 2 nitrogen and oxygen atoms in total. The second-order valence-electron chi connectivity index (χ2n) is 3.16. The van der Waals surface area contributed by atoms with Crippen LogP contribution in [0.1, 0.15) is 25.7 Å². The summed E-state index contributed by atoms with van der Waals surface area (Å²) in [5.74, 6) is 0. The topological polar surface area (TPSA) is 21.3 Å². The quantitative estimate of drug-likeness (QED) is 0.712. The molecule has 12 heavy (non-hydrogen) atoms. The van der Waals surface area contributed by atoms with Gasteiger partial charge >= 0.3 is 6.61 Å². The summed E-state index contributed by atoms with van der Waals surface area (Å²) in [7, 11) is 1.90. The zero-order valence-electron chi connectivity index (χ0n) is 7.22. The Morgan fingerprint density at radius 2 is 1.83 bits per heavy atom. The molecule has 0 heterocycles. The summed E-state index contributed by atoms with van der Waals surface area (Å²) in [6.45, 7) is -2.61. The number of ether oxygens (including phenoxy) is 1. The first-order valence-corrected chi connectivity index (χ1v) is 4.33. The molecule has 4 heteroatoms. The van der Waals surface area contributed by atoms with E-state index in [2.05, 4.69) is 10.1 Å². The minimum absolute atomic E-state index is 0.227. The third kappa shape index (κ3) is 3.03. The molecular formula is C8H15F2NO. The number of nitrogens with one attached hydrogen (secondary N) is 1. The maximum atomic E-state index is 11.8. The zero-order valence-corrected chi connectivity index (χ0v) is 7.22. The number of hydrogen-bond donors (Lipinski definition) is 1. The summed E-state index contributed by atoms with van der Waals surface area (Å²) in [5.41, 5.74) is 0. The summed E-state index contributed by atoms with van der Waals surface area (Å²) in [4.78, 5) is 0. The Morgan fingerprint density at radius 3 is 2.25 bits per heavy atom. The molecule has 0 radical (unpaired) electrons. The first-order chi connectivity index (χ1) is 5.72. The second-order valence-corrected chi connectivity index (χ2v) is 3.16.